The summed E-state index contributed by atoms with van der Waals surface area (Å²) in [4.78, 5) is 14.4. The second-order valence-corrected chi connectivity index (χ2v) is 6.31. The molecule has 5 nitrogen and oxygen atoms in total. The average Bonchev–Trinajstić information content (AvgIpc) is 2.98. The predicted octanol–water partition coefficient (Wildman–Crippen LogP) is 2.03. The van der Waals surface area contributed by atoms with Gasteiger partial charge < -0.3 is 10.6 Å². The molecule has 1 amide bonds. The van der Waals surface area contributed by atoms with Crippen molar-refractivity contribution in [1.82, 2.24) is 14.7 Å². The second-order valence-electron chi connectivity index (χ2n) is 5.16. The maximum Gasteiger partial charge on any atom is 0.274 e. The van der Waals surface area contributed by atoms with E-state index < -0.39 is 0 Å². The zero-order valence-corrected chi connectivity index (χ0v) is 12.7. The van der Waals surface area contributed by atoms with Gasteiger partial charge in [-0.25, -0.2) is 4.68 Å². The molecule has 6 heteroatoms. The van der Waals surface area contributed by atoms with Gasteiger partial charge >= 0.3 is 0 Å². The van der Waals surface area contributed by atoms with Crippen LogP contribution in [0, 0.1) is 0 Å². The number of nitrogen functional groups attached to an aromatic ring is 1. The van der Waals surface area contributed by atoms with Gasteiger partial charge in [0, 0.05) is 36.0 Å². The lowest BCUT2D eigenvalue weighted by atomic mass is 10.2. The number of thioether (sulfide) groups is 1. The summed E-state index contributed by atoms with van der Waals surface area (Å²) in [5, 5.41) is 4.40. The number of carbonyl (C=O) groups is 1. The van der Waals surface area contributed by atoms with Crippen LogP contribution in [-0.4, -0.2) is 44.7 Å². The molecule has 1 fully saturated rings. The van der Waals surface area contributed by atoms with Crippen molar-refractivity contribution in [3.8, 4) is 5.69 Å². The van der Waals surface area contributed by atoms with Crippen LogP contribution in [0.5, 0.6) is 0 Å². The molecule has 2 aromatic rings. The van der Waals surface area contributed by atoms with E-state index in [1.54, 1.807) is 10.7 Å². The molecule has 0 saturated carbocycles. The highest BCUT2D eigenvalue weighted by Gasteiger charge is 2.26. The summed E-state index contributed by atoms with van der Waals surface area (Å²) in [6.45, 7) is 2.88. The maximum absolute atomic E-state index is 12.5. The number of nitrogens with zero attached hydrogens (tertiary/aromatic N) is 3. The Balaban J connectivity index is 1.81. The molecule has 110 valence electrons. The molecule has 0 aliphatic carbocycles. The Morgan fingerprint density at radius 2 is 2.10 bits per heavy atom. The van der Waals surface area contributed by atoms with Crippen LogP contribution in [0.25, 0.3) is 5.69 Å². The van der Waals surface area contributed by atoms with E-state index in [4.69, 9.17) is 5.73 Å². The van der Waals surface area contributed by atoms with E-state index in [0.29, 0.717) is 11.4 Å². The predicted molar refractivity (Wildman–Crippen MR) is 85.8 cm³/mol. The van der Waals surface area contributed by atoms with E-state index in [2.05, 4.69) is 12.0 Å². The summed E-state index contributed by atoms with van der Waals surface area (Å²) in [6.07, 6.45) is 1.81. The van der Waals surface area contributed by atoms with Gasteiger partial charge in [0.25, 0.3) is 5.91 Å². The van der Waals surface area contributed by atoms with Crippen LogP contribution in [0.1, 0.15) is 17.4 Å². The molecule has 1 aliphatic heterocycles. The molecule has 1 saturated heterocycles. The number of carbonyl (C=O) groups excluding carboxylic acids is 1. The third-order valence-electron chi connectivity index (χ3n) is 3.59. The summed E-state index contributed by atoms with van der Waals surface area (Å²) in [5.74, 6) is 2.00. The van der Waals surface area contributed by atoms with Gasteiger partial charge in [0.05, 0.1) is 5.69 Å². The number of anilines is 1. The molecule has 1 aromatic carbocycles. The van der Waals surface area contributed by atoms with Crippen molar-refractivity contribution in [2.24, 2.45) is 0 Å². The fraction of sp³-hybridized carbons (Fsp3) is 0.333. The summed E-state index contributed by atoms with van der Waals surface area (Å²) >= 11 is 1.89. The van der Waals surface area contributed by atoms with Gasteiger partial charge in [-0.2, -0.15) is 16.9 Å². The zero-order valence-electron chi connectivity index (χ0n) is 11.9. The summed E-state index contributed by atoms with van der Waals surface area (Å²) < 4.78 is 1.70. The van der Waals surface area contributed by atoms with Gasteiger partial charge in [-0.15, -0.1) is 0 Å². The first-order chi connectivity index (χ1) is 10.1. The first kappa shape index (κ1) is 14.0. The highest BCUT2D eigenvalue weighted by Crippen LogP contribution is 2.18. The van der Waals surface area contributed by atoms with Crippen LogP contribution in [0.3, 0.4) is 0 Å². The molecule has 0 spiro atoms. The number of benzene rings is 1. The van der Waals surface area contributed by atoms with E-state index >= 15 is 0 Å². The van der Waals surface area contributed by atoms with Gasteiger partial charge in [0.1, 0.15) is 0 Å². The van der Waals surface area contributed by atoms with Crippen molar-refractivity contribution in [3.05, 3.63) is 42.2 Å². The lowest BCUT2D eigenvalue weighted by Gasteiger charge is -2.32. The normalized spacial score (nSPS) is 18.7. The number of rotatable bonds is 2. The standard InChI is InChI=1S/C15H18N4OS/c1-11-10-21-9-8-18(11)15(20)14-6-7-19(17-14)13-4-2-12(16)3-5-13/h2-7,11H,8-10,16H2,1H3. The second kappa shape index (κ2) is 5.81. The number of hydrogen-bond acceptors (Lipinski definition) is 4. The molecule has 3 rings (SSSR count). The lowest BCUT2D eigenvalue weighted by molar-refractivity contribution is 0.0709. The minimum Gasteiger partial charge on any atom is -0.399 e. The molecule has 21 heavy (non-hydrogen) atoms. The fourth-order valence-corrected chi connectivity index (χ4v) is 3.40. The maximum atomic E-state index is 12.5. The minimum absolute atomic E-state index is 0.0111. The van der Waals surface area contributed by atoms with Crippen molar-refractivity contribution < 1.29 is 4.79 Å². The van der Waals surface area contributed by atoms with Crippen LogP contribution in [-0.2, 0) is 0 Å². The van der Waals surface area contributed by atoms with Crippen molar-refractivity contribution in [2.75, 3.05) is 23.8 Å². The summed E-state index contributed by atoms with van der Waals surface area (Å²) in [6, 6.07) is 9.45. The first-order valence-electron chi connectivity index (χ1n) is 6.95. The molecule has 1 aliphatic rings. The fourth-order valence-electron chi connectivity index (χ4n) is 2.38. The lowest BCUT2D eigenvalue weighted by Crippen LogP contribution is -2.44. The van der Waals surface area contributed by atoms with Crippen LogP contribution >= 0.6 is 11.8 Å². The molecule has 2 heterocycles. The molecule has 2 N–H and O–H groups in total. The Labute approximate surface area is 128 Å². The van der Waals surface area contributed by atoms with Gasteiger partial charge in [-0.3, -0.25) is 4.79 Å². The average molecular weight is 302 g/mol. The smallest absolute Gasteiger partial charge is 0.274 e. The highest BCUT2D eigenvalue weighted by molar-refractivity contribution is 7.99. The monoisotopic (exact) mass is 302 g/mol. The number of nitrogens with two attached hydrogens (primary N) is 1. The largest absolute Gasteiger partial charge is 0.399 e. The Morgan fingerprint density at radius 1 is 1.33 bits per heavy atom. The van der Waals surface area contributed by atoms with Crippen molar-refractivity contribution >= 4 is 23.4 Å². The van der Waals surface area contributed by atoms with Crippen LogP contribution in [0.4, 0.5) is 5.69 Å². The number of aromatic nitrogens is 2. The molecular formula is C15H18N4OS. The van der Waals surface area contributed by atoms with E-state index in [0.717, 1.165) is 23.7 Å². The third kappa shape index (κ3) is 2.90. The first-order valence-corrected chi connectivity index (χ1v) is 8.11. The van der Waals surface area contributed by atoms with E-state index in [9.17, 15) is 4.79 Å². The Morgan fingerprint density at radius 3 is 2.81 bits per heavy atom. The summed E-state index contributed by atoms with van der Waals surface area (Å²) in [7, 11) is 0. The highest BCUT2D eigenvalue weighted by atomic mass is 32.2. The zero-order chi connectivity index (χ0) is 14.8. The quantitative estimate of drug-likeness (QED) is 0.862. The SMILES string of the molecule is CC1CSCCN1C(=O)c1ccn(-c2ccc(N)cc2)n1. The molecule has 1 unspecified atom stereocenters. The van der Waals surface area contributed by atoms with Gasteiger partial charge in [-0.05, 0) is 37.3 Å². The minimum atomic E-state index is 0.0111. The van der Waals surface area contributed by atoms with Gasteiger partial charge in [-0.1, -0.05) is 0 Å². The van der Waals surface area contributed by atoms with Crippen molar-refractivity contribution in [2.45, 2.75) is 13.0 Å². The van der Waals surface area contributed by atoms with E-state index in [1.165, 1.54) is 0 Å². The van der Waals surface area contributed by atoms with E-state index in [1.807, 2.05) is 47.1 Å². The molecule has 1 aromatic heterocycles. The van der Waals surface area contributed by atoms with Crippen molar-refractivity contribution in [3.63, 3.8) is 0 Å². The molecule has 0 bridgehead atoms. The Bertz CT molecular complexity index is 637. The number of amides is 1. The molecule has 0 radical (unpaired) electrons. The van der Waals surface area contributed by atoms with Gasteiger partial charge in [0.2, 0.25) is 0 Å². The number of hydrogen-bond donors (Lipinski definition) is 1. The molecule has 1 atom stereocenters. The van der Waals surface area contributed by atoms with Crippen LogP contribution in [0.15, 0.2) is 36.5 Å². The van der Waals surface area contributed by atoms with E-state index in [-0.39, 0.29) is 11.9 Å². The molecular weight excluding hydrogens is 284 g/mol. The Hall–Kier alpha value is -1.95. The van der Waals surface area contributed by atoms with Crippen LogP contribution in [0.2, 0.25) is 0 Å². The Kier molecular flexibility index (Phi) is 3.88. The topological polar surface area (TPSA) is 64.2 Å². The summed E-state index contributed by atoms with van der Waals surface area (Å²) in [5.41, 5.74) is 7.77. The van der Waals surface area contributed by atoms with Crippen LogP contribution < -0.4 is 5.73 Å². The third-order valence-corrected chi connectivity index (χ3v) is 4.78. The van der Waals surface area contributed by atoms with Gasteiger partial charge in [0.15, 0.2) is 5.69 Å². The van der Waals surface area contributed by atoms with Crippen molar-refractivity contribution in [1.29, 1.82) is 0 Å².